The molecule has 1 N–H and O–H groups in total. The summed E-state index contributed by atoms with van der Waals surface area (Å²) in [7, 11) is 0. The van der Waals surface area contributed by atoms with Gasteiger partial charge in [-0.25, -0.2) is 4.39 Å². The summed E-state index contributed by atoms with van der Waals surface area (Å²) < 4.78 is 14.8. The third kappa shape index (κ3) is 4.58. The van der Waals surface area contributed by atoms with E-state index in [0.29, 0.717) is 30.0 Å². The Morgan fingerprint density at radius 1 is 0.966 bits per heavy atom. The fourth-order valence-corrected chi connectivity index (χ4v) is 3.89. The van der Waals surface area contributed by atoms with E-state index in [2.05, 4.69) is 9.88 Å². The first kappa shape index (κ1) is 19.8. The summed E-state index contributed by atoms with van der Waals surface area (Å²) in [4.78, 5) is 8.59. The van der Waals surface area contributed by atoms with Crippen LogP contribution < -0.4 is 4.90 Å². The van der Waals surface area contributed by atoms with Crippen LogP contribution in [0.2, 0.25) is 5.02 Å². The van der Waals surface area contributed by atoms with Crippen molar-refractivity contribution in [2.75, 3.05) is 31.1 Å². The number of halogens is 2. The number of piperazine rings is 1. The number of hydrogen-bond donors (Lipinski definition) is 1. The number of aromatic nitrogens is 1. The molecule has 1 unspecified atom stereocenters. The molecule has 2 heterocycles. The van der Waals surface area contributed by atoms with Crippen LogP contribution in [0.4, 0.5) is 10.1 Å². The minimum atomic E-state index is -0.964. The van der Waals surface area contributed by atoms with Gasteiger partial charge >= 0.3 is 0 Å². The number of aliphatic hydroxyl groups is 1. The lowest BCUT2D eigenvalue weighted by Gasteiger charge is -2.37. The lowest BCUT2D eigenvalue weighted by Crippen LogP contribution is -2.46. The van der Waals surface area contributed by atoms with Crippen LogP contribution in [0.3, 0.4) is 0 Å². The predicted octanol–water partition coefficient (Wildman–Crippen LogP) is 4.28. The summed E-state index contributed by atoms with van der Waals surface area (Å²) in [6.45, 7) is 3.85. The van der Waals surface area contributed by atoms with Gasteiger partial charge < -0.3 is 10.0 Å². The molecule has 0 bridgehead atoms. The molecular formula is C23H23ClFN3O. The van der Waals surface area contributed by atoms with E-state index in [0.717, 1.165) is 24.7 Å². The molecule has 29 heavy (non-hydrogen) atoms. The molecule has 0 spiro atoms. The number of para-hydroxylation sites is 1. The molecule has 1 atom stereocenters. The highest BCUT2D eigenvalue weighted by atomic mass is 35.5. The zero-order valence-corrected chi connectivity index (χ0v) is 16.8. The van der Waals surface area contributed by atoms with Gasteiger partial charge in [0.25, 0.3) is 0 Å². The maximum atomic E-state index is 14.8. The Bertz CT molecular complexity index is 944. The van der Waals surface area contributed by atoms with Gasteiger partial charge in [-0.15, -0.1) is 0 Å². The van der Waals surface area contributed by atoms with Crippen LogP contribution in [0, 0.1) is 5.82 Å². The highest BCUT2D eigenvalue weighted by Crippen LogP contribution is 2.33. The predicted molar refractivity (Wildman–Crippen MR) is 114 cm³/mol. The summed E-state index contributed by atoms with van der Waals surface area (Å²) in [5.41, 5.74) is 2.74. The molecular weight excluding hydrogens is 389 g/mol. The summed E-state index contributed by atoms with van der Waals surface area (Å²) in [5, 5.41) is 11.6. The van der Waals surface area contributed by atoms with Crippen LogP contribution in [0.5, 0.6) is 0 Å². The van der Waals surface area contributed by atoms with E-state index >= 15 is 0 Å². The molecule has 4 rings (SSSR count). The molecule has 0 amide bonds. The number of aliphatic hydroxyl groups excluding tert-OH is 1. The second kappa shape index (κ2) is 8.91. The zero-order valence-electron chi connectivity index (χ0n) is 16.0. The van der Waals surface area contributed by atoms with Gasteiger partial charge in [0.1, 0.15) is 11.9 Å². The molecule has 1 aromatic heterocycles. The molecule has 1 saturated heterocycles. The SMILES string of the molecule is OC(c1ccccn1)c1cccc(F)c1N1CCN(Cc2ccc(Cl)cc2)CC1. The van der Waals surface area contributed by atoms with E-state index in [4.69, 9.17) is 11.6 Å². The maximum absolute atomic E-state index is 14.8. The number of benzene rings is 2. The van der Waals surface area contributed by atoms with E-state index in [-0.39, 0.29) is 5.82 Å². The number of nitrogens with zero attached hydrogens (tertiary/aromatic N) is 3. The molecule has 0 aliphatic carbocycles. The highest BCUT2D eigenvalue weighted by Gasteiger charge is 2.25. The number of anilines is 1. The average Bonchev–Trinajstić information content (AvgIpc) is 2.76. The molecule has 0 saturated carbocycles. The van der Waals surface area contributed by atoms with E-state index in [1.165, 1.54) is 11.6 Å². The van der Waals surface area contributed by atoms with Crippen LogP contribution >= 0.6 is 11.6 Å². The third-order valence-corrected chi connectivity index (χ3v) is 5.54. The fraction of sp³-hybridized carbons (Fsp3) is 0.261. The largest absolute Gasteiger partial charge is 0.382 e. The smallest absolute Gasteiger partial charge is 0.146 e. The molecule has 4 nitrogen and oxygen atoms in total. The topological polar surface area (TPSA) is 39.6 Å². The van der Waals surface area contributed by atoms with Crippen molar-refractivity contribution in [3.05, 3.63) is 94.5 Å². The number of rotatable bonds is 5. The first-order valence-electron chi connectivity index (χ1n) is 9.71. The van der Waals surface area contributed by atoms with Crippen molar-refractivity contribution in [1.82, 2.24) is 9.88 Å². The number of pyridine rings is 1. The van der Waals surface area contributed by atoms with Gasteiger partial charge in [0.15, 0.2) is 0 Å². The van der Waals surface area contributed by atoms with E-state index < -0.39 is 6.10 Å². The van der Waals surface area contributed by atoms with Gasteiger partial charge in [0, 0.05) is 49.5 Å². The first-order chi connectivity index (χ1) is 14.1. The van der Waals surface area contributed by atoms with Gasteiger partial charge in [0.2, 0.25) is 0 Å². The van der Waals surface area contributed by atoms with Crippen molar-refractivity contribution in [2.24, 2.45) is 0 Å². The van der Waals surface area contributed by atoms with Crippen LogP contribution in [-0.2, 0) is 6.54 Å². The van der Waals surface area contributed by atoms with Crippen LogP contribution in [0.25, 0.3) is 0 Å². The van der Waals surface area contributed by atoms with E-state index in [9.17, 15) is 9.50 Å². The van der Waals surface area contributed by atoms with Crippen molar-refractivity contribution < 1.29 is 9.50 Å². The van der Waals surface area contributed by atoms with Crippen LogP contribution in [0.1, 0.15) is 22.9 Å². The van der Waals surface area contributed by atoms with E-state index in [1.54, 1.807) is 30.5 Å². The molecule has 1 fully saturated rings. The summed E-state index contributed by atoms with van der Waals surface area (Å²) in [6.07, 6.45) is 0.668. The first-order valence-corrected chi connectivity index (χ1v) is 10.1. The Morgan fingerprint density at radius 3 is 2.41 bits per heavy atom. The highest BCUT2D eigenvalue weighted by molar-refractivity contribution is 6.30. The normalized spacial score (nSPS) is 16.0. The summed E-state index contributed by atoms with van der Waals surface area (Å²) in [5.74, 6) is -0.316. The van der Waals surface area contributed by atoms with Gasteiger partial charge in [-0.05, 0) is 35.9 Å². The van der Waals surface area contributed by atoms with Gasteiger partial charge in [0.05, 0.1) is 11.4 Å². The molecule has 0 radical (unpaired) electrons. The van der Waals surface area contributed by atoms with E-state index in [1.807, 2.05) is 35.2 Å². The molecule has 6 heteroatoms. The van der Waals surface area contributed by atoms with Crippen LogP contribution in [-0.4, -0.2) is 41.2 Å². The molecule has 1 aliphatic heterocycles. The van der Waals surface area contributed by atoms with Crippen molar-refractivity contribution in [1.29, 1.82) is 0 Å². The van der Waals surface area contributed by atoms with Crippen molar-refractivity contribution >= 4 is 17.3 Å². The lowest BCUT2D eigenvalue weighted by molar-refractivity contribution is 0.213. The minimum absolute atomic E-state index is 0.316. The monoisotopic (exact) mass is 411 g/mol. The summed E-state index contributed by atoms with van der Waals surface area (Å²) in [6, 6.07) is 18.1. The Hall–Kier alpha value is -2.47. The quantitative estimate of drug-likeness (QED) is 0.680. The van der Waals surface area contributed by atoms with Crippen molar-refractivity contribution in [3.8, 4) is 0 Å². The Labute approximate surface area is 175 Å². The molecule has 2 aromatic carbocycles. The average molecular weight is 412 g/mol. The molecule has 1 aliphatic rings. The zero-order chi connectivity index (χ0) is 20.2. The Balaban J connectivity index is 1.49. The Morgan fingerprint density at radius 2 is 1.72 bits per heavy atom. The fourth-order valence-electron chi connectivity index (χ4n) is 3.76. The second-order valence-electron chi connectivity index (χ2n) is 7.22. The lowest BCUT2D eigenvalue weighted by atomic mass is 10.0. The summed E-state index contributed by atoms with van der Waals surface area (Å²) >= 11 is 5.96. The third-order valence-electron chi connectivity index (χ3n) is 5.29. The molecule has 3 aromatic rings. The van der Waals surface area contributed by atoms with Crippen LogP contribution in [0.15, 0.2) is 66.9 Å². The Kier molecular flexibility index (Phi) is 6.09. The molecule has 150 valence electrons. The minimum Gasteiger partial charge on any atom is -0.382 e. The van der Waals surface area contributed by atoms with Gasteiger partial charge in [-0.2, -0.15) is 0 Å². The maximum Gasteiger partial charge on any atom is 0.146 e. The standard InChI is InChI=1S/C23H23ClFN3O/c24-18-9-7-17(8-10-18)16-27-12-14-28(15-13-27)22-19(4-3-5-20(22)25)23(29)21-6-1-2-11-26-21/h1-11,23,29H,12-16H2. The van der Waals surface area contributed by atoms with Gasteiger partial charge in [-0.3, -0.25) is 9.88 Å². The van der Waals surface area contributed by atoms with Crippen molar-refractivity contribution in [2.45, 2.75) is 12.6 Å². The number of hydrogen-bond acceptors (Lipinski definition) is 4. The van der Waals surface area contributed by atoms with Gasteiger partial charge in [-0.1, -0.05) is 41.9 Å². The second-order valence-corrected chi connectivity index (χ2v) is 7.66. The van der Waals surface area contributed by atoms with Crippen molar-refractivity contribution in [3.63, 3.8) is 0 Å².